The highest BCUT2D eigenvalue weighted by atomic mass is 16.7. The van der Waals surface area contributed by atoms with Crippen molar-refractivity contribution in [3.05, 3.63) is 24.3 Å². The van der Waals surface area contributed by atoms with Crippen LogP contribution in [-0.4, -0.2) is 67.2 Å². The van der Waals surface area contributed by atoms with E-state index in [1.54, 1.807) is 0 Å². The van der Waals surface area contributed by atoms with Crippen molar-refractivity contribution >= 4 is 23.8 Å². The molecule has 5 aliphatic rings. The number of allylic oxidation sites excluding steroid dienone is 2. The zero-order chi connectivity index (χ0) is 32.7. The smallest absolute Gasteiger partial charge is 0.303 e. The minimum absolute atomic E-state index is 0.111. The molecule has 0 bridgehead atoms. The number of esters is 3. The molecule has 45 heavy (non-hydrogen) atoms. The number of amides is 1. The largest absolute Gasteiger partial charge is 0.463 e. The maximum Gasteiger partial charge on any atom is 0.303 e. The lowest BCUT2D eigenvalue weighted by Gasteiger charge is -2.58. The summed E-state index contributed by atoms with van der Waals surface area (Å²) >= 11 is 0. The Bertz CT molecular complexity index is 1220. The second-order valence-corrected chi connectivity index (χ2v) is 14.4. The lowest BCUT2D eigenvalue weighted by Crippen LogP contribution is -2.67. The van der Waals surface area contributed by atoms with Gasteiger partial charge in [0, 0.05) is 27.7 Å². The Balaban J connectivity index is 1.37. The van der Waals surface area contributed by atoms with Gasteiger partial charge in [0.05, 0.1) is 6.10 Å². The van der Waals surface area contributed by atoms with Crippen LogP contribution in [0.1, 0.15) is 92.9 Å². The van der Waals surface area contributed by atoms with E-state index in [-0.39, 0.29) is 24.0 Å². The van der Waals surface area contributed by atoms with Crippen molar-refractivity contribution in [1.29, 1.82) is 0 Å². The van der Waals surface area contributed by atoms with E-state index in [4.69, 9.17) is 23.7 Å². The van der Waals surface area contributed by atoms with Crippen molar-refractivity contribution in [3.63, 3.8) is 0 Å². The van der Waals surface area contributed by atoms with Gasteiger partial charge >= 0.3 is 17.9 Å². The number of hydrogen-bond acceptors (Lipinski definition) is 9. The summed E-state index contributed by atoms with van der Waals surface area (Å²) < 4.78 is 29.3. The van der Waals surface area contributed by atoms with Crippen LogP contribution >= 0.6 is 0 Å². The predicted molar refractivity (Wildman–Crippen MR) is 164 cm³/mol. The van der Waals surface area contributed by atoms with Gasteiger partial charge < -0.3 is 29.0 Å². The highest BCUT2D eigenvalue weighted by Crippen LogP contribution is 2.66. The summed E-state index contributed by atoms with van der Waals surface area (Å²) in [6.45, 7) is 13.9. The van der Waals surface area contributed by atoms with Gasteiger partial charge in [-0.1, -0.05) is 31.6 Å². The van der Waals surface area contributed by atoms with Crippen LogP contribution in [0.3, 0.4) is 0 Å². The second kappa shape index (κ2) is 13.2. The average Bonchev–Trinajstić information content (AvgIpc) is 3.31. The summed E-state index contributed by atoms with van der Waals surface area (Å²) in [5, 5.41) is 2.81. The van der Waals surface area contributed by atoms with Gasteiger partial charge in [-0.15, -0.1) is 6.58 Å². The van der Waals surface area contributed by atoms with Gasteiger partial charge in [0.2, 0.25) is 5.91 Å². The van der Waals surface area contributed by atoms with Crippen molar-refractivity contribution in [1.82, 2.24) is 5.32 Å². The monoisotopic (exact) mass is 629 g/mol. The van der Waals surface area contributed by atoms with Crippen LogP contribution in [0.4, 0.5) is 0 Å². The maximum absolute atomic E-state index is 12.4. The van der Waals surface area contributed by atoms with Gasteiger partial charge in [0.25, 0.3) is 0 Å². The van der Waals surface area contributed by atoms with Gasteiger partial charge in [0.15, 0.2) is 18.5 Å². The molecule has 250 valence electrons. The first-order valence-corrected chi connectivity index (χ1v) is 16.6. The fourth-order valence-corrected chi connectivity index (χ4v) is 9.77. The Morgan fingerprint density at radius 1 is 0.956 bits per heavy atom. The van der Waals surface area contributed by atoms with E-state index < -0.39 is 48.6 Å². The number of nitrogens with one attached hydrogen (secondary N) is 1. The zero-order valence-electron chi connectivity index (χ0n) is 27.7. The van der Waals surface area contributed by atoms with E-state index in [2.05, 4.69) is 37.9 Å². The molecule has 0 radical (unpaired) electrons. The molecule has 5 rings (SSSR count). The van der Waals surface area contributed by atoms with Crippen molar-refractivity contribution in [2.75, 3.05) is 6.61 Å². The highest BCUT2D eigenvalue weighted by Gasteiger charge is 2.58. The second-order valence-electron chi connectivity index (χ2n) is 14.4. The minimum atomic E-state index is -1.14. The summed E-state index contributed by atoms with van der Waals surface area (Å²) in [7, 11) is 0. The van der Waals surface area contributed by atoms with E-state index in [1.165, 1.54) is 59.0 Å². The van der Waals surface area contributed by atoms with Crippen LogP contribution in [0, 0.1) is 34.5 Å². The summed E-state index contributed by atoms with van der Waals surface area (Å²) in [6, 6.07) is -0.960. The molecule has 1 N–H and O–H groups in total. The first-order chi connectivity index (χ1) is 21.3. The number of fused-ring (bicyclic) bond motifs is 5. The van der Waals surface area contributed by atoms with E-state index in [1.807, 2.05) is 0 Å². The minimum Gasteiger partial charge on any atom is -0.463 e. The Kier molecular flexibility index (Phi) is 9.85. The summed E-state index contributed by atoms with van der Waals surface area (Å²) in [5.41, 5.74) is 1.89. The Labute approximate surface area is 267 Å². The van der Waals surface area contributed by atoms with E-state index in [9.17, 15) is 19.2 Å². The maximum atomic E-state index is 12.4. The third-order valence-electron chi connectivity index (χ3n) is 11.8. The van der Waals surface area contributed by atoms with E-state index in [0.29, 0.717) is 23.2 Å². The Hall–Kier alpha value is -2.72. The van der Waals surface area contributed by atoms with E-state index in [0.717, 1.165) is 31.6 Å². The summed E-state index contributed by atoms with van der Waals surface area (Å²) in [6.07, 6.45) is 8.82. The quantitative estimate of drug-likeness (QED) is 0.229. The molecular formula is C35H51NO9. The van der Waals surface area contributed by atoms with Crippen molar-refractivity contribution in [3.8, 4) is 0 Å². The number of carbonyl (C=O) groups excluding carboxylic acids is 4. The van der Waals surface area contributed by atoms with E-state index >= 15 is 0 Å². The first-order valence-electron chi connectivity index (χ1n) is 16.6. The van der Waals surface area contributed by atoms with Gasteiger partial charge in [0.1, 0.15) is 18.8 Å². The normalized spacial score (nSPS) is 42.1. The number of carbonyl (C=O) groups is 4. The molecule has 0 aromatic carbocycles. The fraction of sp³-hybridized carbons (Fsp3) is 0.771. The Morgan fingerprint density at radius 2 is 1.67 bits per heavy atom. The fourth-order valence-electron chi connectivity index (χ4n) is 9.77. The van der Waals surface area contributed by atoms with Crippen LogP contribution in [0.2, 0.25) is 0 Å². The third-order valence-corrected chi connectivity index (χ3v) is 11.8. The molecule has 1 aliphatic heterocycles. The first kappa shape index (κ1) is 33.6. The molecule has 0 aromatic heterocycles. The highest BCUT2D eigenvalue weighted by molar-refractivity contribution is 5.73. The molecule has 1 amide bonds. The van der Waals surface area contributed by atoms with Crippen LogP contribution in [-0.2, 0) is 42.9 Å². The SMILES string of the molecule is C=C[C@H]1CC[C@@H]2[C@H]3CC=C4C[C@@H](O[C@H]5O[C@@H](COC(C)=O)[C@H](OC(C)=O)[C@@H](OC(C)=O)[C@@H]5NC(C)=O)CC[C@]4(C)[C@H]3CC[C@@]21C. The third kappa shape index (κ3) is 6.59. The molecule has 10 nitrogen and oxygen atoms in total. The predicted octanol–water partition coefficient (Wildman–Crippen LogP) is 4.79. The summed E-state index contributed by atoms with van der Waals surface area (Å²) in [5.74, 6) is 0.485. The van der Waals surface area contributed by atoms with Crippen LogP contribution < -0.4 is 5.32 Å². The molecule has 0 spiro atoms. The number of ether oxygens (including phenoxy) is 5. The molecule has 1 saturated heterocycles. The zero-order valence-corrected chi connectivity index (χ0v) is 27.7. The van der Waals surface area contributed by atoms with Crippen molar-refractivity contribution < 1.29 is 42.9 Å². The van der Waals surface area contributed by atoms with Crippen molar-refractivity contribution in [2.45, 2.75) is 130 Å². The molecule has 0 unspecified atom stereocenters. The number of hydrogen-bond donors (Lipinski definition) is 1. The molecule has 1 heterocycles. The molecule has 3 saturated carbocycles. The van der Waals surface area contributed by atoms with Gasteiger partial charge in [-0.25, -0.2) is 0 Å². The van der Waals surface area contributed by atoms with Gasteiger partial charge in [-0.3, -0.25) is 19.2 Å². The standard InChI is InChI=1S/C35H51NO9/c1-8-23-10-12-27-26-11-9-24-17-25(13-15-35(24,7)28(26)14-16-34(23,27)6)44-33-30(36-19(2)37)32(43-22(5)40)31(42-21(4)39)29(45-33)18-41-20(3)38/h8-9,23,25-33H,1,10-18H2,2-7H3,(H,36,37)/t23-,25-,26+,27+,28-,29-,30-,31-,32-,33-,34+,35-/m0/s1. The molecular weight excluding hydrogens is 578 g/mol. The molecule has 0 aromatic rings. The Morgan fingerprint density at radius 3 is 2.31 bits per heavy atom. The van der Waals surface area contributed by atoms with Gasteiger partial charge in [-0.05, 0) is 85.9 Å². The lowest BCUT2D eigenvalue weighted by atomic mass is 9.47. The topological polar surface area (TPSA) is 126 Å². The summed E-state index contributed by atoms with van der Waals surface area (Å²) in [4.78, 5) is 48.3. The number of rotatable bonds is 8. The lowest BCUT2D eigenvalue weighted by molar-refractivity contribution is -0.289. The van der Waals surface area contributed by atoms with Crippen LogP contribution in [0.15, 0.2) is 24.3 Å². The van der Waals surface area contributed by atoms with Crippen molar-refractivity contribution in [2.24, 2.45) is 34.5 Å². The molecule has 12 atom stereocenters. The van der Waals surface area contributed by atoms with Gasteiger partial charge in [-0.2, -0.15) is 0 Å². The molecule has 4 aliphatic carbocycles. The average molecular weight is 630 g/mol. The molecule has 4 fully saturated rings. The van der Waals surface area contributed by atoms with Crippen LogP contribution in [0.25, 0.3) is 0 Å². The molecule has 10 heteroatoms. The van der Waals surface area contributed by atoms with Crippen LogP contribution in [0.5, 0.6) is 0 Å².